The first-order valence-corrected chi connectivity index (χ1v) is 10.8. The highest BCUT2D eigenvalue weighted by Gasteiger charge is 2.35. The zero-order valence-corrected chi connectivity index (χ0v) is 17.0. The third-order valence-electron chi connectivity index (χ3n) is 4.66. The predicted molar refractivity (Wildman–Crippen MR) is 107 cm³/mol. The van der Waals surface area contributed by atoms with E-state index in [1.807, 2.05) is 0 Å². The average Bonchev–Trinajstić information content (AvgIpc) is 3.44. The lowest BCUT2D eigenvalue weighted by atomic mass is 10.1. The van der Waals surface area contributed by atoms with Crippen LogP contribution < -0.4 is 0 Å². The monoisotopic (exact) mass is 447 g/mol. The number of nitrogens with zero attached hydrogens (tertiary/aromatic N) is 3. The van der Waals surface area contributed by atoms with Crippen LogP contribution in [0, 0.1) is 0 Å². The van der Waals surface area contributed by atoms with Crippen molar-refractivity contribution in [2.45, 2.75) is 18.0 Å². The molecule has 0 unspecified atom stereocenters. The Hall–Kier alpha value is -3.40. The summed E-state index contributed by atoms with van der Waals surface area (Å²) < 4.78 is 70.4. The second-order valence-corrected chi connectivity index (χ2v) is 8.91. The fourth-order valence-corrected chi connectivity index (χ4v) is 3.82. The number of pyridine rings is 1. The summed E-state index contributed by atoms with van der Waals surface area (Å²) in [6.07, 6.45) is -2.01. The molecular weight excluding hydrogens is 431 g/mol. The molecule has 4 aromatic rings. The van der Waals surface area contributed by atoms with E-state index in [0.717, 1.165) is 22.5 Å². The van der Waals surface area contributed by atoms with E-state index in [1.165, 1.54) is 25.3 Å². The first kappa shape index (κ1) is 20.9. The van der Waals surface area contributed by atoms with Crippen molar-refractivity contribution >= 4 is 9.84 Å². The van der Waals surface area contributed by atoms with Crippen molar-refractivity contribution in [3.05, 3.63) is 72.8 Å². The molecule has 10 heteroatoms. The van der Waals surface area contributed by atoms with Crippen LogP contribution in [0.15, 0.2) is 76.4 Å². The van der Waals surface area contributed by atoms with Crippen LogP contribution in [0.3, 0.4) is 0 Å². The zero-order chi connectivity index (χ0) is 22.2. The smallest absolute Gasteiger partial charge is 0.435 e. The Morgan fingerprint density at radius 2 is 1.74 bits per heavy atom. The van der Waals surface area contributed by atoms with E-state index in [2.05, 4.69) is 10.1 Å². The summed E-state index contributed by atoms with van der Waals surface area (Å²) in [4.78, 5) is 4.03. The fourth-order valence-electron chi connectivity index (χ4n) is 3.00. The lowest BCUT2D eigenvalue weighted by molar-refractivity contribution is -0.141. The topological polar surface area (TPSA) is 78.0 Å². The number of hydrogen-bond acceptors (Lipinski definition) is 5. The van der Waals surface area contributed by atoms with Crippen molar-refractivity contribution < 1.29 is 26.0 Å². The highest BCUT2D eigenvalue weighted by molar-refractivity contribution is 7.91. The van der Waals surface area contributed by atoms with E-state index < -0.39 is 21.7 Å². The SMILES string of the molecule is CCS(=O)(=O)c1ccc(-n2nc(C(F)(F)F)cc2-c2ccc(-c3ccco3)cc2)nc1. The molecule has 0 N–H and O–H groups in total. The molecule has 3 aromatic heterocycles. The Morgan fingerprint density at radius 1 is 1.03 bits per heavy atom. The number of alkyl halides is 3. The average molecular weight is 447 g/mol. The molecule has 1 aromatic carbocycles. The molecule has 0 amide bonds. The molecule has 0 fully saturated rings. The number of benzene rings is 1. The number of hydrogen-bond donors (Lipinski definition) is 0. The Bertz CT molecular complexity index is 1290. The highest BCUT2D eigenvalue weighted by Crippen LogP contribution is 2.33. The van der Waals surface area contributed by atoms with Crippen LogP contribution in [0.2, 0.25) is 0 Å². The molecule has 160 valence electrons. The normalized spacial score (nSPS) is 12.3. The van der Waals surface area contributed by atoms with E-state index in [-0.39, 0.29) is 22.2 Å². The maximum atomic E-state index is 13.3. The molecule has 0 atom stereocenters. The molecule has 0 saturated carbocycles. The Morgan fingerprint density at radius 3 is 2.29 bits per heavy atom. The molecule has 6 nitrogen and oxygen atoms in total. The Balaban J connectivity index is 1.79. The maximum absolute atomic E-state index is 13.3. The quantitative estimate of drug-likeness (QED) is 0.430. The van der Waals surface area contributed by atoms with Crippen LogP contribution in [0.1, 0.15) is 12.6 Å². The lowest BCUT2D eigenvalue weighted by Gasteiger charge is -2.08. The predicted octanol–water partition coefficient (Wildman–Crippen LogP) is 5.01. The molecule has 0 spiro atoms. The molecule has 3 heterocycles. The van der Waals surface area contributed by atoms with Crippen LogP contribution >= 0.6 is 0 Å². The van der Waals surface area contributed by atoms with Gasteiger partial charge in [-0.15, -0.1) is 0 Å². The zero-order valence-electron chi connectivity index (χ0n) is 16.2. The summed E-state index contributed by atoms with van der Waals surface area (Å²) in [6, 6.07) is 13.8. The Kier molecular flexibility index (Phi) is 5.18. The van der Waals surface area contributed by atoms with Crippen LogP contribution in [-0.4, -0.2) is 28.9 Å². The lowest BCUT2D eigenvalue weighted by Crippen LogP contribution is -2.09. The number of halogens is 3. The molecule has 0 aliphatic rings. The summed E-state index contributed by atoms with van der Waals surface area (Å²) in [5.41, 5.74) is 0.329. The molecule has 0 bridgehead atoms. The number of furan rings is 1. The van der Waals surface area contributed by atoms with Gasteiger partial charge in [-0.3, -0.25) is 0 Å². The minimum Gasteiger partial charge on any atom is -0.464 e. The highest BCUT2D eigenvalue weighted by atomic mass is 32.2. The summed E-state index contributed by atoms with van der Waals surface area (Å²) in [6.45, 7) is 1.50. The van der Waals surface area contributed by atoms with E-state index >= 15 is 0 Å². The molecule has 0 radical (unpaired) electrons. The summed E-state index contributed by atoms with van der Waals surface area (Å²) in [5.74, 6) is 0.586. The summed E-state index contributed by atoms with van der Waals surface area (Å²) in [5, 5.41) is 3.67. The molecule has 0 aliphatic carbocycles. The van der Waals surface area contributed by atoms with Gasteiger partial charge in [0.15, 0.2) is 21.3 Å². The van der Waals surface area contributed by atoms with Gasteiger partial charge in [-0.25, -0.2) is 18.1 Å². The largest absolute Gasteiger partial charge is 0.464 e. The van der Waals surface area contributed by atoms with Gasteiger partial charge in [-0.05, 0) is 30.3 Å². The van der Waals surface area contributed by atoms with Gasteiger partial charge >= 0.3 is 6.18 Å². The van der Waals surface area contributed by atoms with E-state index in [1.54, 1.807) is 36.4 Å². The maximum Gasteiger partial charge on any atom is 0.435 e. The molecule has 0 saturated heterocycles. The van der Waals surface area contributed by atoms with Crippen molar-refractivity contribution in [2.75, 3.05) is 5.75 Å². The van der Waals surface area contributed by atoms with E-state index in [4.69, 9.17) is 4.42 Å². The standard InChI is InChI=1S/C21H16F3N3O3S/c1-2-31(28,29)16-9-10-20(25-13-16)27-17(12-19(26-27)21(22,23)24)14-5-7-15(8-6-14)18-4-3-11-30-18/h3-13H,2H2,1H3. The summed E-state index contributed by atoms with van der Waals surface area (Å²) in [7, 11) is -3.48. The van der Waals surface area contributed by atoms with Gasteiger partial charge in [-0.1, -0.05) is 31.2 Å². The number of aromatic nitrogens is 3. The van der Waals surface area contributed by atoms with Crippen molar-refractivity contribution in [3.63, 3.8) is 0 Å². The number of rotatable bonds is 5. The van der Waals surface area contributed by atoms with E-state index in [9.17, 15) is 21.6 Å². The third kappa shape index (κ3) is 4.11. The first-order chi connectivity index (χ1) is 14.7. The minimum absolute atomic E-state index is 0.00805. The molecule has 4 rings (SSSR count). The number of sulfone groups is 1. The third-order valence-corrected chi connectivity index (χ3v) is 6.38. The van der Waals surface area contributed by atoms with Gasteiger partial charge in [-0.2, -0.15) is 18.3 Å². The van der Waals surface area contributed by atoms with Crippen molar-refractivity contribution in [1.29, 1.82) is 0 Å². The molecule has 0 aliphatic heterocycles. The van der Waals surface area contributed by atoms with Crippen molar-refractivity contribution in [2.24, 2.45) is 0 Å². The van der Waals surface area contributed by atoms with Gasteiger partial charge in [0, 0.05) is 17.3 Å². The van der Waals surface area contributed by atoms with E-state index in [0.29, 0.717) is 11.3 Å². The van der Waals surface area contributed by atoms with Gasteiger partial charge in [0.2, 0.25) is 0 Å². The van der Waals surface area contributed by atoms with Crippen LogP contribution in [0.4, 0.5) is 13.2 Å². The van der Waals surface area contributed by atoms with Crippen molar-refractivity contribution in [1.82, 2.24) is 14.8 Å². The van der Waals surface area contributed by atoms with Gasteiger partial charge in [0.25, 0.3) is 0 Å². The van der Waals surface area contributed by atoms with Crippen LogP contribution in [0.25, 0.3) is 28.4 Å². The first-order valence-electron chi connectivity index (χ1n) is 9.20. The van der Waals surface area contributed by atoms with Gasteiger partial charge in [0.05, 0.1) is 22.6 Å². The second-order valence-electron chi connectivity index (χ2n) is 6.63. The summed E-state index contributed by atoms with van der Waals surface area (Å²) >= 11 is 0. The van der Waals surface area contributed by atoms with Crippen LogP contribution in [0.5, 0.6) is 0 Å². The van der Waals surface area contributed by atoms with Crippen molar-refractivity contribution in [3.8, 4) is 28.4 Å². The van der Waals surface area contributed by atoms with Gasteiger partial charge in [0.1, 0.15) is 5.76 Å². The van der Waals surface area contributed by atoms with Gasteiger partial charge < -0.3 is 4.42 Å². The molecular formula is C21H16F3N3O3S. The fraction of sp³-hybridized carbons (Fsp3) is 0.143. The minimum atomic E-state index is -4.65. The van der Waals surface area contributed by atoms with Crippen LogP contribution in [-0.2, 0) is 16.0 Å². The molecule has 31 heavy (non-hydrogen) atoms. The second kappa shape index (κ2) is 7.69. The Labute approximate surface area is 175 Å².